The minimum absolute atomic E-state index is 0.0507. The first-order valence-corrected chi connectivity index (χ1v) is 11.5. The van der Waals surface area contributed by atoms with E-state index in [1.807, 2.05) is 6.26 Å². The third kappa shape index (κ3) is 2.67. The summed E-state index contributed by atoms with van der Waals surface area (Å²) in [4.78, 5) is 11.5. The first kappa shape index (κ1) is 18.2. The van der Waals surface area contributed by atoms with Crippen molar-refractivity contribution in [1.82, 2.24) is 0 Å². The molecule has 1 heterocycles. The molecule has 0 radical (unpaired) electrons. The highest BCUT2D eigenvalue weighted by Gasteiger charge is 2.60. The van der Waals surface area contributed by atoms with Crippen LogP contribution in [0.25, 0.3) is 0 Å². The van der Waals surface area contributed by atoms with E-state index in [0.29, 0.717) is 23.2 Å². The number of ether oxygens (including phenoxy) is 1. The van der Waals surface area contributed by atoms with Crippen LogP contribution in [0.15, 0.2) is 11.8 Å². The van der Waals surface area contributed by atoms with Crippen LogP contribution in [0.2, 0.25) is 0 Å². The first-order chi connectivity index (χ1) is 12.9. The number of hydrogen-bond acceptors (Lipinski definition) is 3. The molecule has 0 saturated heterocycles. The molecule has 1 aliphatic heterocycles. The van der Waals surface area contributed by atoms with E-state index in [1.54, 1.807) is 0 Å². The number of cyclic esters (lactones) is 1. The van der Waals surface area contributed by atoms with Gasteiger partial charge in [-0.1, -0.05) is 13.8 Å². The van der Waals surface area contributed by atoms with Gasteiger partial charge in [0.05, 0.1) is 12.4 Å². The van der Waals surface area contributed by atoms with Gasteiger partial charge in [-0.15, -0.1) is 0 Å². The SMILES string of the molecule is C[C@]12CC[C@H]3[C@@H](CCC4C[C@@H](O)CC[C@@]43C)[C@@H]1CC[C@@H]2C1=COC(=O)CC1. The molecule has 5 aliphatic rings. The van der Waals surface area contributed by atoms with Crippen LogP contribution in [-0.2, 0) is 9.53 Å². The molecular formula is C24H36O3. The maximum Gasteiger partial charge on any atom is 0.310 e. The van der Waals surface area contributed by atoms with Crippen LogP contribution in [0.1, 0.15) is 84.5 Å². The van der Waals surface area contributed by atoms with Crippen LogP contribution in [-0.4, -0.2) is 17.2 Å². The molecule has 150 valence electrons. The summed E-state index contributed by atoms with van der Waals surface area (Å²) in [6, 6.07) is 0. The van der Waals surface area contributed by atoms with Gasteiger partial charge >= 0.3 is 5.97 Å². The van der Waals surface area contributed by atoms with Crippen molar-refractivity contribution in [3.63, 3.8) is 0 Å². The molecule has 0 spiro atoms. The van der Waals surface area contributed by atoms with E-state index in [2.05, 4.69) is 13.8 Å². The highest BCUT2D eigenvalue weighted by Crippen LogP contribution is 2.68. The Morgan fingerprint density at radius 2 is 1.74 bits per heavy atom. The lowest BCUT2D eigenvalue weighted by molar-refractivity contribution is -0.139. The van der Waals surface area contributed by atoms with Gasteiger partial charge in [-0.05, 0) is 110 Å². The second kappa shape index (κ2) is 6.34. The Morgan fingerprint density at radius 3 is 2.52 bits per heavy atom. The number of carbonyl (C=O) groups is 1. The van der Waals surface area contributed by atoms with Gasteiger partial charge < -0.3 is 9.84 Å². The van der Waals surface area contributed by atoms with Crippen LogP contribution in [0.5, 0.6) is 0 Å². The lowest BCUT2D eigenvalue weighted by Gasteiger charge is -2.61. The predicted octanol–water partition coefficient (Wildman–Crippen LogP) is 5.23. The van der Waals surface area contributed by atoms with Crippen LogP contribution < -0.4 is 0 Å². The molecule has 4 fully saturated rings. The Kier molecular flexibility index (Phi) is 4.28. The van der Waals surface area contributed by atoms with E-state index in [9.17, 15) is 9.90 Å². The molecule has 4 aliphatic carbocycles. The number of rotatable bonds is 1. The van der Waals surface area contributed by atoms with E-state index in [1.165, 1.54) is 50.5 Å². The van der Waals surface area contributed by atoms with Crippen molar-refractivity contribution in [3.8, 4) is 0 Å². The van der Waals surface area contributed by atoms with Crippen molar-refractivity contribution < 1.29 is 14.6 Å². The maximum absolute atomic E-state index is 11.5. The number of aliphatic hydroxyl groups excluding tert-OH is 1. The molecule has 0 bridgehead atoms. The smallest absolute Gasteiger partial charge is 0.310 e. The fourth-order valence-electron chi connectivity index (χ4n) is 8.61. The molecule has 8 atom stereocenters. The molecule has 0 amide bonds. The fraction of sp³-hybridized carbons (Fsp3) is 0.875. The summed E-state index contributed by atoms with van der Waals surface area (Å²) < 4.78 is 5.31. The standard InChI is InChI=1S/C24H36O3/c1-23-11-9-17(25)13-16(23)4-5-18-20-7-6-19(15-3-8-22(26)27-14-15)24(20,2)12-10-21(18)23/h14,16-21,25H,3-13H2,1-2H3/t16?,17-,18-,19+,20-,21-,23-,24+/m0/s1. The summed E-state index contributed by atoms with van der Waals surface area (Å²) in [7, 11) is 0. The van der Waals surface area contributed by atoms with E-state index in [-0.39, 0.29) is 12.1 Å². The molecule has 0 aromatic heterocycles. The van der Waals surface area contributed by atoms with E-state index >= 15 is 0 Å². The lowest BCUT2D eigenvalue weighted by atomic mass is 9.44. The molecule has 27 heavy (non-hydrogen) atoms. The average Bonchev–Trinajstić information content (AvgIpc) is 3.00. The van der Waals surface area contributed by atoms with Gasteiger partial charge in [-0.2, -0.15) is 0 Å². The molecule has 0 aromatic rings. The van der Waals surface area contributed by atoms with Gasteiger partial charge in [0.1, 0.15) is 0 Å². The van der Waals surface area contributed by atoms with Crippen LogP contribution in [0.3, 0.4) is 0 Å². The van der Waals surface area contributed by atoms with Gasteiger partial charge in [0.15, 0.2) is 0 Å². The second-order valence-electron chi connectivity index (χ2n) is 10.9. The number of allylic oxidation sites excluding steroid dienone is 1. The monoisotopic (exact) mass is 372 g/mol. The van der Waals surface area contributed by atoms with Gasteiger partial charge in [0, 0.05) is 6.42 Å². The largest absolute Gasteiger partial charge is 0.435 e. The normalized spacial score (nSPS) is 52.3. The molecule has 0 aromatic carbocycles. The highest BCUT2D eigenvalue weighted by molar-refractivity contribution is 5.71. The van der Waals surface area contributed by atoms with Gasteiger partial charge in [-0.3, -0.25) is 4.79 Å². The van der Waals surface area contributed by atoms with Crippen molar-refractivity contribution in [2.45, 2.75) is 90.6 Å². The number of fused-ring (bicyclic) bond motifs is 5. The van der Waals surface area contributed by atoms with Crippen molar-refractivity contribution in [1.29, 1.82) is 0 Å². The lowest BCUT2D eigenvalue weighted by Crippen LogP contribution is -2.54. The predicted molar refractivity (Wildman–Crippen MR) is 105 cm³/mol. The van der Waals surface area contributed by atoms with Crippen LogP contribution >= 0.6 is 0 Å². The third-order valence-corrected chi connectivity index (χ3v) is 10.0. The Bertz CT molecular complexity index is 654. The van der Waals surface area contributed by atoms with Crippen molar-refractivity contribution in [2.24, 2.45) is 40.4 Å². The van der Waals surface area contributed by atoms with E-state index in [0.717, 1.165) is 42.9 Å². The zero-order valence-corrected chi connectivity index (χ0v) is 17.1. The molecule has 4 saturated carbocycles. The van der Waals surface area contributed by atoms with Gasteiger partial charge in [0.25, 0.3) is 0 Å². The summed E-state index contributed by atoms with van der Waals surface area (Å²) in [6.45, 7) is 5.13. The van der Waals surface area contributed by atoms with Crippen LogP contribution in [0.4, 0.5) is 0 Å². The van der Waals surface area contributed by atoms with Crippen LogP contribution in [0, 0.1) is 40.4 Å². The Labute approximate surface area is 163 Å². The topological polar surface area (TPSA) is 46.5 Å². The van der Waals surface area contributed by atoms with E-state index in [4.69, 9.17) is 4.74 Å². The molecule has 1 N–H and O–H groups in total. The number of esters is 1. The summed E-state index contributed by atoms with van der Waals surface area (Å²) in [5.41, 5.74) is 2.27. The van der Waals surface area contributed by atoms with E-state index < -0.39 is 0 Å². The summed E-state index contributed by atoms with van der Waals surface area (Å²) in [6.07, 6.45) is 14.6. The first-order valence-electron chi connectivity index (χ1n) is 11.5. The summed E-state index contributed by atoms with van der Waals surface area (Å²) in [5, 5.41) is 10.2. The molecule has 1 unspecified atom stereocenters. The Morgan fingerprint density at radius 1 is 0.963 bits per heavy atom. The number of carbonyl (C=O) groups excluding carboxylic acids is 1. The average molecular weight is 373 g/mol. The van der Waals surface area contributed by atoms with Crippen molar-refractivity contribution >= 4 is 5.97 Å². The number of aliphatic hydroxyl groups is 1. The fourth-order valence-corrected chi connectivity index (χ4v) is 8.61. The molecule has 3 heteroatoms. The van der Waals surface area contributed by atoms with Crippen molar-refractivity contribution in [3.05, 3.63) is 11.8 Å². The Balaban J connectivity index is 1.39. The minimum Gasteiger partial charge on any atom is -0.435 e. The Hall–Kier alpha value is -0.830. The van der Waals surface area contributed by atoms with Gasteiger partial charge in [-0.25, -0.2) is 0 Å². The zero-order chi connectivity index (χ0) is 18.8. The summed E-state index contributed by atoms with van der Waals surface area (Å²) in [5.74, 6) is 3.87. The quantitative estimate of drug-likeness (QED) is 0.641. The zero-order valence-electron chi connectivity index (χ0n) is 17.1. The molecule has 5 rings (SSSR count). The third-order valence-electron chi connectivity index (χ3n) is 10.0. The van der Waals surface area contributed by atoms with Gasteiger partial charge in [0.2, 0.25) is 0 Å². The maximum atomic E-state index is 11.5. The molecular weight excluding hydrogens is 336 g/mol. The highest BCUT2D eigenvalue weighted by atomic mass is 16.5. The summed E-state index contributed by atoms with van der Waals surface area (Å²) >= 11 is 0. The molecule has 3 nitrogen and oxygen atoms in total. The second-order valence-corrected chi connectivity index (χ2v) is 10.9. The minimum atomic E-state index is -0.0621. The van der Waals surface area contributed by atoms with Crippen molar-refractivity contribution in [2.75, 3.05) is 0 Å². The number of hydrogen-bond donors (Lipinski definition) is 1.